The number of carbonyl (C=O) groups excluding carboxylic acids is 3. The average Bonchev–Trinajstić information content (AvgIpc) is 3.33. The number of urea groups is 1. The molecule has 2 fully saturated rings. The van der Waals surface area contributed by atoms with E-state index in [2.05, 4.69) is 0 Å². The van der Waals surface area contributed by atoms with Crippen molar-refractivity contribution >= 4 is 23.5 Å². The predicted octanol–water partition coefficient (Wildman–Crippen LogP) is 3.59. The van der Waals surface area contributed by atoms with Crippen molar-refractivity contribution in [2.24, 2.45) is 0 Å². The SMILES string of the molecule is Cc1ccc(N2C(=O)N(Cc3ccc(C(=O)N4CCCC4)cc3)C(=O)C2C)cc1. The van der Waals surface area contributed by atoms with Crippen molar-refractivity contribution in [1.29, 1.82) is 0 Å². The number of hydrogen-bond acceptors (Lipinski definition) is 3. The molecule has 0 radical (unpaired) electrons. The Labute approximate surface area is 170 Å². The fourth-order valence-electron chi connectivity index (χ4n) is 3.95. The number of anilines is 1. The zero-order chi connectivity index (χ0) is 20.5. The van der Waals surface area contributed by atoms with Gasteiger partial charge in [0.25, 0.3) is 11.8 Å². The van der Waals surface area contributed by atoms with E-state index in [0.717, 1.165) is 42.7 Å². The smallest absolute Gasteiger partial charge is 0.332 e. The summed E-state index contributed by atoms with van der Waals surface area (Å²) in [6, 6.07) is 13.9. The zero-order valence-electron chi connectivity index (χ0n) is 16.8. The van der Waals surface area contributed by atoms with Gasteiger partial charge < -0.3 is 4.90 Å². The highest BCUT2D eigenvalue weighted by molar-refractivity contribution is 6.14. The van der Waals surface area contributed by atoms with Gasteiger partial charge in [-0.2, -0.15) is 0 Å². The molecule has 4 amide bonds. The molecule has 1 atom stereocenters. The summed E-state index contributed by atoms with van der Waals surface area (Å²) in [7, 11) is 0. The molecule has 29 heavy (non-hydrogen) atoms. The van der Waals surface area contributed by atoms with Gasteiger partial charge in [-0.15, -0.1) is 0 Å². The van der Waals surface area contributed by atoms with Crippen LogP contribution < -0.4 is 4.90 Å². The lowest BCUT2D eigenvalue weighted by Crippen LogP contribution is -2.33. The van der Waals surface area contributed by atoms with Crippen molar-refractivity contribution in [3.63, 3.8) is 0 Å². The Kier molecular flexibility index (Phi) is 5.09. The lowest BCUT2D eigenvalue weighted by molar-refractivity contribution is -0.127. The molecule has 2 aromatic rings. The van der Waals surface area contributed by atoms with E-state index in [1.165, 1.54) is 9.80 Å². The molecule has 6 heteroatoms. The Morgan fingerprint density at radius 3 is 2.21 bits per heavy atom. The van der Waals surface area contributed by atoms with Crippen molar-refractivity contribution in [3.8, 4) is 0 Å². The van der Waals surface area contributed by atoms with E-state index in [0.29, 0.717) is 5.56 Å². The maximum absolute atomic E-state index is 12.9. The van der Waals surface area contributed by atoms with Gasteiger partial charge in [-0.05, 0) is 56.5 Å². The summed E-state index contributed by atoms with van der Waals surface area (Å²) in [4.78, 5) is 42.8. The van der Waals surface area contributed by atoms with E-state index >= 15 is 0 Å². The maximum Gasteiger partial charge on any atom is 0.332 e. The molecule has 2 aliphatic rings. The van der Waals surface area contributed by atoms with Gasteiger partial charge in [-0.3, -0.25) is 19.4 Å². The van der Waals surface area contributed by atoms with Crippen LogP contribution in [0.2, 0.25) is 0 Å². The van der Waals surface area contributed by atoms with Gasteiger partial charge >= 0.3 is 6.03 Å². The van der Waals surface area contributed by atoms with Crippen LogP contribution in [0, 0.1) is 6.92 Å². The van der Waals surface area contributed by atoms with Crippen molar-refractivity contribution in [3.05, 3.63) is 65.2 Å². The Morgan fingerprint density at radius 2 is 1.59 bits per heavy atom. The summed E-state index contributed by atoms with van der Waals surface area (Å²) in [5, 5.41) is 0. The van der Waals surface area contributed by atoms with E-state index in [9.17, 15) is 14.4 Å². The van der Waals surface area contributed by atoms with Crippen molar-refractivity contribution < 1.29 is 14.4 Å². The number of nitrogens with zero attached hydrogens (tertiary/aromatic N) is 3. The Hall–Kier alpha value is -3.15. The molecule has 0 aliphatic carbocycles. The number of imide groups is 1. The molecule has 4 rings (SSSR count). The second kappa shape index (κ2) is 7.70. The molecule has 150 valence electrons. The Morgan fingerprint density at radius 1 is 0.966 bits per heavy atom. The molecule has 2 aliphatic heterocycles. The van der Waals surface area contributed by atoms with Crippen molar-refractivity contribution in [1.82, 2.24) is 9.80 Å². The summed E-state index contributed by atoms with van der Waals surface area (Å²) in [6.45, 7) is 5.54. The van der Waals surface area contributed by atoms with Crippen LogP contribution in [0.4, 0.5) is 10.5 Å². The quantitative estimate of drug-likeness (QED) is 0.749. The van der Waals surface area contributed by atoms with E-state index in [1.54, 1.807) is 19.1 Å². The summed E-state index contributed by atoms with van der Waals surface area (Å²) in [5.41, 5.74) is 3.28. The highest BCUT2D eigenvalue weighted by Crippen LogP contribution is 2.27. The molecule has 0 N–H and O–H groups in total. The topological polar surface area (TPSA) is 60.9 Å². The van der Waals surface area contributed by atoms with Crippen LogP contribution in [0.1, 0.15) is 41.3 Å². The molecule has 2 saturated heterocycles. The number of hydrogen-bond donors (Lipinski definition) is 0. The van der Waals surface area contributed by atoms with E-state index in [1.807, 2.05) is 48.2 Å². The predicted molar refractivity (Wildman–Crippen MR) is 111 cm³/mol. The second-order valence-electron chi connectivity index (χ2n) is 7.78. The fraction of sp³-hybridized carbons (Fsp3) is 0.348. The van der Waals surface area contributed by atoms with Crippen LogP contribution in [-0.2, 0) is 11.3 Å². The molecular formula is C23H25N3O3. The first-order chi connectivity index (χ1) is 14.0. The number of rotatable bonds is 4. The monoisotopic (exact) mass is 391 g/mol. The minimum absolute atomic E-state index is 0.0431. The summed E-state index contributed by atoms with van der Waals surface area (Å²) < 4.78 is 0. The van der Waals surface area contributed by atoms with Gasteiger partial charge in [0.2, 0.25) is 0 Å². The maximum atomic E-state index is 12.9. The number of amides is 4. The van der Waals surface area contributed by atoms with Crippen molar-refractivity contribution in [2.75, 3.05) is 18.0 Å². The fourth-order valence-corrected chi connectivity index (χ4v) is 3.95. The minimum Gasteiger partial charge on any atom is -0.339 e. The lowest BCUT2D eigenvalue weighted by Gasteiger charge is -2.19. The Bertz CT molecular complexity index is 931. The molecular weight excluding hydrogens is 366 g/mol. The van der Waals surface area contributed by atoms with Crippen LogP contribution in [0.15, 0.2) is 48.5 Å². The Balaban J connectivity index is 1.48. The number of aryl methyl sites for hydroxylation is 1. The molecule has 0 saturated carbocycles. The first-order valence-corrected chi connectivity index (χ1v) is 10.0. The van der Waals surface area contributed by atoms with Gasteiger partial charge in [0.1, 0.15) is 6.04 Å². The van der Waals surface area contributed by atoms with Crippen LogP contribution in [0.25, 0.3) is 0 Å². The first-order valence-electron chi connectivity index (χ1n) is 10.0. The number of benzene rings is 2. The third kappa shape index (κ3) is 3.62. The third-order valence-corrected chi connectivity index (χ3v) is 5.69. The lowest BCUT2D eigenvalue weighted by atomic mass is 10.1. The normalized spacial score (nSPS) is 19.4. The number of likely N-dealkylation sites (tertiary alicyclic amines) is 1. The zero-order valence-corrected chi connectivity index (χ0v) is 16.8. The summed E-state index contributed by atoms with van der Waals surface area (Å²) in [5.74, 6) is -0.172. The van der Waals surface area contributed by atoms with Gasteiger partial charge in [-0.25, -0.2) is 4.79 Å². The van der Waals surface area contributed by atoms with Crippen molar-refractivity contribution in [2.45, 2.75) is 39.3 Å². The van der Waals surface area contributed by atoms with Gasteiger partial charge in [0, 0.05) is 24.3 Å². The average molecular weight is 391 g/mol. The van der Waals surface area contributed by atoms with Crippen LogP contribution in [-0.4, -0.2) is 46.8 Å². The summed E-state index contributed by atoms with van der Waals surface area (Å²) in [6.07, 6.45) is 2.11. The molecule has 0 spiro atoms. The molecule has 0 aromatic heterocycles. The largest absolute Gasteiger partial charge is 0.339 e. The first kappa shape index (κ1) is 19.2. The molecule has 1 unspecified atom stereocenters. The molecule has 2 heterocycles. The van der Waals surface area contributed by atoms with E-state index in [4.69, 9.17) is 0 Å². The van der Waals surface area contributed by atoms with E-state index in [-0.39, 0.29) is 24.4 Å². The number of carbonyl (C=O) groups is 3. The van der Waals surface area contributed by atoms with Crippen LogP contribution >= 0.6 is 0 Å². The molecule has 0 bridgehead atoms. The summed E-state index contributed by atoms with van der Waals surface area (Å²) >= 11 is 0. The minimum atomic E-state index is -0.541. The van der Waals surface area contributed by atoms with Gasteiger partial charge in [0.15, 0.2) is 0 Å². The van der Waals surface area contributed by atoms with Crippen LogP contribution in [0.5, 0.6) is 0 Å². The molecule has 6 nitrogen and oxygen atoms in total. The third-order valence-electron chi connectivity index (χ3n) is 5.69. The second-order valence-corrected chi connectivity index (χ2v) is 7.78. The van der Waals surface area contributed by atoms with E-state index < -0.39 is 6.04 Å². The highest BCUT2D eigenvalue weighted by atomic mass is 16.2. The van der Waals surface area contributed by atoms with Gasteiger partial charge in [-0.1, -0.05) is 29.8 Å². The van der Waals surface area contributed by atoms with Crippen LogP contribution in [0.3, 0.4) is 0 Å². The standard InChI is InChI=1S/C23H25N3O3/c1-16-5-11-20(12-6-16)26-17(2)21(27)25(23(26)29)15-18-7-9-19(10-8-18)22(28)24-13-3-4-14-24/h5-12,17H,3-4,13-15H2,1-2H3. The highest BCUT2D eigenvalue weighted by Gasteiger charge is 2.43. The van der Waals surface area contributed by atoms with Gasteiger partial charge in [0.05, 0.1) is 6.54 Å². The molecule has 2 aromatic carbocycles.